The number of methoxy groups -OCH3 is 2. The molecule has 1 aromatic rings. The van der Waals surface area contributed by atoms with Crippen molar-refractivity contribution in [3.05, 3.63) is 29.8 Å². The number of hydrogen-bond acceptors (Lipinski definition) is 4. The van der Waals surface area contributed by atoms with Crippen LogP contribution in [-0.4, -0.2) is 25.3 Å². The first-order chi connectivity index (χ1) is 7.02. The van der Waals surface area contributed by atoms with E-state index in [-0.39, 0.29) is 0 Å². The van der Waals surface area contributed by atoms with E-state index in [1.165, 1.54) is 14.0 Å². The minimum absolute atomic E-state index is 0.468. The molecule has 0 unspecified atom stereocenters. The fourth-order valence-corrected chi connectivity index (χ4v) is 1.23. The molecule has 82 valence electrons. The van der Waals surface area contributed by atoms with Gasteiger partial charge >= 0.3 is 5.97 Å². The highest BCUT2D eigenvalue weighted by Crippen LogP contribution is 2.24. The number of esters is 1. The van der Waals surface area contributed by atoms with Gasteiger partial charge in [-0.05, 0) is 24.6 Å². The molecule has 0 spiro atoms. The fourth-order valence-electron chi connectivity index (χ4n) is 1.23. The molecule has 4 nitrogen and oxygen atoms in total. The molecular weight excluding hydrogens is 196 g/mol. The van der Waals surface area contributed by atoms with E-state index in [1.807, 2.05) is 0 Å². The van der Waals surface area contributed by atoms with Gasteiger partial charge in [-0.15, -0.1) is 0 Å². The zero-order valence-corrected chi connectivity index (χ0v) is 8.98. The number of carbonyl (C=O) groups excluding carboxylic acids is 1. The molecule has 1 aromatic carbocycles. The van der Waals surface area contributed by atoms with Crippen molar-refractivity contribution in [3.8, 4) is 5.75 Å². The molecule has 0 saturated heterocycles. The number of carbonyl (C=O) groups is 1. The van der Waals surface area contributed by atoms with E-state index in [9.17, 15) is 9.90 Å². The second kappa shape index (κ2) is 4.31. The molecule has 1 rings (SSSR count). The second-order valence-corrected chi connectivity index (χ2v) is 3.29. The first kappa shape index (κ1) is 11.5. The lowest BCUT2D eigenvalue weighted by Crippen LogP contribution is -2.33. The van der Waals surface area contributed by atoms with Crippen LogP contribution in [-0.2, 0) is 15.1 Å². The normalized spacial score (nSPS) is 14.1. The largest absolute Gasteiger partial charge is 0.497 e. The van der Waals surface area contributed by atoms with Gasteiger partial charge in [0, 0.05) is 0 Å². The Morgan fingerprint density at radius 2 is 1.80 bits per heavy atom. The molecule has 1 N–H and O–H groups in total. The first-order valence-corrected chi connectivity index (χ1v) is 4.47. The van der Waals surface area contributed by atoms with Crippen molar-refractivity contribution in [2.45, 2.75) is 12.5 Å². The summed E-state index contributed by atoms with van der Waals surface area (Å²) < 4.78 is 9.48. The fraction of sp³-hybridized carbons (Fsp3) is 0.364. The molecule has 0 saturated carbocycles. The van der Waals surface area contributed by atoms with Crippen LogP contribution in [0.4, 0.5) is 0 Å². The Hall–Kier alpha value is -1.55. The van der Waals surface area contributed by atoms with E-state index in [2.05, 4.69) is 4.74 Å². The molecular formula is C11H14O4. The molecule has 0 aliphatic carbocycles. The average molecular weight is 210 g/mol. The smallest absolute Gasteiger partial charge is 0.342 e. The van der Waals surface area contributed by atoms with Gasteiger partial charge in [-0.2, -0.15) is 0 Å². The lowest BCUT2D eigenvalue weighted by Gasteiger charge is -2.20. The molecule has 0 radical (unpaired) electrons. The van der Waals surface area contributed by atoms with Gasteiger partial charge in [-0.25, -0.2) is 4.79 Å². The highest BCUT2D eigenvalue weighted by atomic mass is 16.5. The topological polar surface area (TPSA) is 55.8 Å². The molecule has 0 aliphatic heterocycles. The minimum atomic E-state index is -1.62. The number of ether oxygens (including phenoxy) is 2. The first-order valence-electron chi connectivity index (χ1n) is 4.47. The molecule has 1 atom stereocenters. The molecule has 0 aromatic heterocycles. The summed E-state index contributed by atoms with van der Waals surface area (Å²) in [5.74, 6) is -0.0212. The summed E-state index contributed by atoms with van der Waals surface area (Å²) in [6.07, 6.45) is 0. The van der Waals surface area contributed by atoms with Gasteiger partial charge in [0.2, 0.25) is 0 Å². The predicted molar refractivity (Wildman–Crippen MR) is 54.6 cm³/mol. The summed E-state index contributed by atoms with van der Waals surface area (Å²) in [5, 5.41) is 9.90. The average Bonchev–Trinajstić information content (AvgIpc) is 2.28. The van der Waals surface area contributed by atoms with Crippen LogP contribution in [0.2, 0.25) is 0 Å². The highest BCUT2D eigenvalue weighted by Gasteiger charge is 2.33. The van der Waals surface area contributed by atoms with Crippen molar-refractivity contribution >= 4 is 5.97 Å². The van der Waals surface area contributed by atoms with Crippen molar-refractivity contribution in [1.29, 1.82) is 0 Å². The molecule has 0 fully saturated rings. The van der Waals surface area contributed by atoms with Crippen LogP contribution in [0.1, 0.15) is 12.5 Å². The standard InChI is InChI=1S/C11H14O4/c1-11(13,10(12)15-3)8-4-6-9(14-2)7-5-8/h4-7,13H,1-3H3/t11-/m0/s1. The predicted octanol–water partition coefficient (Wildman–Crippen LogP) is 1.08. The van der Waals surface area contributed by atoms with Crippen LogP contribution in [0.3, 0.4) is 0 Å². The lowest BCUT2D eigenvalue weighted by molar-refractivity contribution is -0.161. The third-order valence-electron chi connectivity index (χ3n) is 2.23. The number of rotatable bonds is 3. The molecule has 15 heavy (non-hydrogen) atoms. The Balaban J connectivity index is 3.00. The van der Waals surface area contributed by atoms with Crippen LogP contribution in [0.15, 0.2) is 24.3 Å². The van der Waals surface area contributed by atoms with Gasteiger partial charge < -0.3 is 14.6 Å². The number of benzene rings is 1. The Kier molecular flexibility index (Phi) is 3.31. The van der Waals surface area contributed by atoms with Crippen LogP contribution < -0.4 is 4.74 Å². The zero-order valence-electron chi connectivity index (χ0n) is 8.98. The maximum atomic E-state index is 11.3. The van der Waals surface area contributed by atoms with Gasteiger partial charge in [0.15, 0.2) is 5.60 Å². The molecule has 0 aliphatic rings. The number of hydrogen-bond donors (Lipinski definition) is 1. The zero-order chi connectivity index (χ0) is 11.5. The van der Waals surface area contributed by atoms with Crippen molar-refractivity contribution in [1.82, 2.24) is 0 Å². The maximum Gasteiger partial charge on any atom is 0.342 e. The SMILES string of the molecule is COC(=O)[C@@](C)(O)c1ccc(OC)cc1. The van der Waals surface area contributed by atoms with Crippen LogP contribution in [0.5, 0.6) is 5.75 Å². The Morgan fingerprint density at radius 1 is 1.27 bits per heavy atom. The minimum Gasteiger partial charge on any atom is -0.497 e. The van der Waals surface area contributed by atoms with Crippen LogP contribution in [0, 0.1) is 0 Å². The summed E-state index contributed by atoms with van der Waals surface area (Å²) in [6, 6.07) is 6.59. The Labute approximate surface area is 88.4 Å². The summed E-state index contributed by atoms with van der Waals surface area (Å²) in [4.78, 5) is 11.3. The highest BCUT2D eigenvalue weighted by molar-refractivity contribution is 5.80. The monoisotopic (exact) mass is 210 g/mol. The van der Waals surface area contributed by atoms with Crippen LogP contribution in [0.25, 0.3) is 0 Å². The third kappa shape index (κ3) is 2.27. The van der Waals surface area contributed by atoms with Crippen molar-refractivity contribution in [2.24, 2.45) is 0 Å². The quantitative estimate of drug-likeness (QED) is 0.758. The van der Waals surface area contributed by atoms with Crippen molar-refractivity contribution in [3.63, 3.8) is 0 Å². The molecule has 4 heteroatoms. The van der Waals surface area contributed by atoms with Gasteiger partial charge in [0.1, 0.15) is 5.75 Å². The summed E-state index contributed by atoms with van der Waals surface area (Å²) in [5.41, 5.74) is -1.16. The Morgan fingerprint density at radius 3 is 2.20 bits per heavy atom. The lowest BCUT2D eigenvalue weighted by atomic mass is 9.96. The van der Waals surface area contributed by atoms with E-state index in [1.54, 1.807) is 31.4 Å². The maximum absolute atomic E-state index is 11.3. The van der Waals surface area contributed by atoms with E-state index in [0.717, 1.165) is 0 Å². The van der Waals surface area contributed by atoms with Gasteiger partial charge in [-0.1, -0.05) is 12.1 Å². The summed E-state index contributed by atoms with van der Waals surface area (Å²) in [6.45, 7) is 1.39. The van der Waals surface area contributed by atoms with Gasteiger partial charge in [-0.3, -0.25) is 0 Å². The molecule has 0 heterocycles. The number of aliphatic hydroxyl groups is 1. The van der Waals surface area contributed by atoms with Crippen LogP contribution >= 0.6 is 0 Å². The summed E-state index contributed by atoms with van der Waals surface area (Å²) >= 11 is 0. The van der Waals surface area contributed by atoms with Gasteiger partial charge in [0.25, 0.3) is 0 Å². The van der Waals surface area contributed by atoms with E-state index < -0.39 is 11.6 Å². The second-order valence-electron chi connectivity index (χ2n) is 3.29. The van der Waals surface area contributed by atoms with E-state index >= 15 is 0 Å². The van der Waals surface area contributed by atoms with E-state index in [4.69, 9.17) is 4.74 Å². The summed E-state index contributed by atoms with van der Waals surface area (Å²) in [7, 11) is 2.79. The van der Waals surface area contributed by atoms with Crippen molar-refractivity contribution in [2.75, 3.05) is 14.2 Å². The molecule has 0 bridgehead atoms. The Bertz CT molecular complexity index is 340. The third-order valence-corrected chi connectivity index (χ3v) is 2.23. The van der Waals surface area contributed by atoms with E-state index in [0.29, 0.717) is 11.3 Å². The van der Waals surface area contributed by atoms with Crippen molar-refractivity contribution < 1.29 is 19.4 Å². The molecule has 0 amide bonds. The van der Waals surface area contributed by atoms with Gasteiger partial charge in [0.05, 0.1) is 14.2 Å².